The highest BCUT2D eigenvalue weighted by Crippen LogP contribution is 2.20. The molecule has 0 bridgehead atoms. The monoisotopic (exact) mass is 276 g/mol. The first-order valence-corrected chi connectivity index (χ1v) is 7.72. The standard InChI is InChI=1S/C16H28N4/c1-4-14(17)10-13-7-8-16(18-11-13)20-9-5-6-15(12-20)19(2)3/h7-8,11,14-15H,4-6,9-10,12,17H2,1-3H3. The van der Waals surface area contributed by atoms with E-state index in [0.717, 1.165) is 31.7 Å². The van der Waals surface area contributed by atoms with Gasteiger partial charge >= 0.3 is 0 Å². The molecule has 0 spiro atoms. The van der Waals surface area contributed by atoms with Gasteiger partial charge in [-0.3, -0.25) is 0 Å². The van der Waals surface area contributed by atoms with Gasteiger partial charge in [-0.05, 0) is 51.4 Å². The molecule has 1 fully saturated rings. The molecule has 0 amide bonds. The van der Waals surface area contributed by atoms with E-state index >= 15 is 0 Å². The van der Waals surface area contributed by atoms with Gasteiger partial charge in [-0.25, -0.2) is 4.98 Å². The zero-order chi connectivity index (χ0) is 14.5. The van der Waals surface area contributed by atoms with Crippen LogP contribution in [0.4, 0.5) is 5.82 Å². The Morgan fingerprint density at radius 2 is 2.25 bits per heavy atom. The maximum absolute atomic E-state index is 5.99. The van der Waals surface area contributed by atoms with Crippen molar-refractivity contribution in [1.29, 1.82) is 0 Å². The lowest BCUT2D eigenvalue weighted by Crippen LogP contribution is -2.45. The van der Waals surface area contributed by atoms with Crippen molar-refractivity contribution in [2.75, 3.05) is 32.1 Å². The Labute approximate surface area is 123 Å². The van der Waals surface area contributed by atoms with Crippen molar-refractivity contribution < 1.29 is 0 Å². The van der Waals surface area contributed by atoms with Crippen molar-refractivity contribution in [2.45, 2.75) is 44.7 Å². The highest BCUT2D eigenvalue weighted by molar-refractivity contribution is 5.40. The second-order valence-electron chi connectivity index (χ2n) is 6.10. The van der Waals surface area contributed by atoms with Crippen LogP contribution < -0.4 is 10.6 Å². The first-order chi connectivity index (χ1) is 9.60. The molecule has 1 aliphatic rings. The maximum Gasteiger partial charge on any atom is 0.128 e. The number of anilines is 1. The fraction of sp³-hybridized carbons (Fsp3) is 0.688. The number of likely N-dealkylation sites (N-methyl/N-ethyl adjacent to an activating group) is 1. The average molecular weight is 276 g/mol. The number of nitrogens with two attached hydrogens (primary N) is 1. The Morgan fingerprint density at radius 1 is 1.45 bits per heavy atom. The van der Waals surface area contributed by atoms with Crippen LogP contribution in [0.25, 0.3) is 0 Å². The summed E-state index contributed by atoms with van der Waals surface area (Å²) in [5.41, 5.74) is 7.23. The molecule has 0 saturated carbocycles. The third kappa shape index (κ3) is 3.93. The molecule has 1 aromatic heterocycles. The number of pyridine rings is 1. The van der Waals surface area contributed by atoms with E-state index in [9.17, 15) is 0 Å². The number of aromatic nitrogens is 1. The molecular formula is C16H28N4. The summed E-state index contributed by atoms with van der Waals surface area (Å²) in [5.74, 6) is 1.10. The second-order valence-corrected chi connectivity index (χ2v) is 6.10. The zero-order valence-electron chi connectivity index (χ0n) is 13.0. The highest BCUT2D eigenvalue weighted by atomic mass is 15.2. The SMILES string of the molecule is CCC(N)Cc1ccc(N2CCCC(N(C)C)C2)nc1. The van der Waals surface area contributed by atoms with Gasteiger partial charge in [-0.1, -0.05) is 13.0 Å². The highest BCUT2D eigenvalue weighted by Gasteiger charge is 2.22. The minimum atomic E-state index is 0.246. The van der Waals surface area contributed by atoms with E-state index in [1.54, 1.807) is 0 Å². The average Bonchev–Trinajstić information content (AvgIpc) is 2.48. The molecule has 4 heteroatoms. The van der Waals surface area contributed by atoms with Crippen molar-refractivity contribution in [1.82, 2.24) is 9.88 Å². The smallest absolute Gasteiger partial charge is 0.128 e. The number of hydrogen-bond acceptors (Lipinski definition) is 4. The molecule has 1 aromatic rings. The van der Waals surface area contributed by atoms with E-state index < -0.39 is 0 Å². The molecule has 20 heavy (non-hydrogen) atoms. The second kappa shape index (κ2) is 7.04. The van der Waals surface area contributed by atoms with Gasteiger partial charge in [0.05, 0.1) is 0 Å². The van der Waals surface area contributed by atoms with Crippen molar-refractivity contribution >= 4 is 5.82 Å². The normalized spacial score (nSPS) is 21.2. The zero-order valence-corrected chi connectivity index (χ0v) is 13.0. The van der Waals surface area contributed by atoms with Crippen LogP contribution in [0, 0.1) is 0 Å². The summed E-state index contributed by atoms with van der Waals surface area (Å²) in [6.07, 6.45) is 6.45. The molecule has 1 aliphatic heterocycles. The topological polar surface area (TPSA) is 45.4 Å². The van der Waals surface area contributed by atoms with Crippen LogP contribution in [0.5, 0.6) is 0 Å². The third-order valence-electron chi connectivity index (χ3n) is 4.28. The Balaban J connectivity index is 1.98. The molecule has 2 unspecified atom stereocenters. The van der Waals surface area contributed by atoms with E-state index in [4.69, 9.17) is 5.73 Å². The van der Waals surface area contributed by atoms with Gasteiger partial charge in [-0.2, -0.15) is 0 Å². The minimum absolute atomic E-state index is 0.246. The van der Waals surface area contributed by atoms with Gasteiger partial charge < -0.3 is 15.5 Å². The fourth-order valence-electron chi connectivity index (χ4n) is 2.76. The van der Waals surface area contributed by atoms with E-state index in [1.165, 1.54) is 18.4 Å². The molecule has 0 aliphatic carbocycles. The van der Waals surface area contributed by atoms with Gasteiger partial charge in [0.25, 0.3) is 0 Å². The first-order valence-electron chi connectivity index (χ1n) is 7.72. The summed E-state index contributed by atoms with van der Waals surface area (Å²) in [6, 6.07) is 5.21. The van der Waals surface area contributed by atoms with Gasteiger partial charge in [0, 0.05) is 31.4 Å². The predicted octanol–water partition coefficient (Wildman–Crippen LogP) is 1.89. The molecule has 0 aromatic carbocycles. The maximum atomic E-state index is 5.99. The van der Waals surface area contributed by atoms with Gasteiger partial charge in [-0.15, -0.1) is 0 Å². The Morgan fingerprint density at radius 3 is 2.85 bits per heavy atom. The van der Waals surface area contributed by atoms with E-state index in [1.807, 2.05) is 6.20 Å². The number of piperidine rings is 1. The quantitative estimate of drug-likeness (QED) is 0.892. The van der Waals surface area contributed by atoms with Crippen LogP contribution in [0.2, 0.25) is 0 Å². The summed E-state index contributed by atoms with van der Waals surface area (Å²) >= 11 is 0. The van der Waals surface area contributed by atoms with Crippen LogP contribution in [0.3, 0.4) is 0 Å². The molecule has 112 valence electrons. The van der Waals surface area contributed by atoms with Crippen molar-refractivity contribution in [2.24, 2.45) is 5.73 Å². The van der Waals surface area contributed by atoms with E-state index in [-0.39, 0.29) is 6.04 Å². The van der Waals surface area contributed by atoms with Crippen LogP contribution in [-0.2, 0) is 6.42 Å². The van der Waals surface area contributed by atoms with Crippen LogP contribution in [-0.4, -0.2) is 49.2 Å². The van der Waals surface area contributed by atoms with Crippen LogP contribution >= 0.6 is 0 Å². The lowest BCUT2D eigenvalue weighted by atomic mass is 10.0. The number of hydrogen-bond donors (Lipinski definition) is 1. The van der Waals surface area contributed by atoms with E-state index in [2.05, 4.69) is 47.9 Å². The molecule has 1 saturated heterocycles. The molecule has 2 atom stereocenters. The summed E-state index contributed by atoms with van der Waals surface area (Å²) < 4.78 is 0. The van der Waals surface area contributed by atoms with Crippen molar-refractivity contribution in [3.8, 4) is 0 Å². The van der Waals surface area contributed by atoms with Crippen molar-refractivity contribution in [3.05, 3.63) is 23.9 Å². The van der Waals surface area contributed by atoms with Gasteiger partial charge in [0.15, 0.2) is 0 Å². The Hall–Kier alpha value is -1.13. The summed E-state index contributed by atoms with van der Waals surface area (Å²) in [4.78, 5) is 9.36. The Kier molecular flexibility index (Phi) is 5.38. The molecule has 0 radical (unpaired) electrons. The van der Waals surface area contributed by atoms with Gasteiger partial charge in [0.1, 0.15) is 5.82 Å². The predicted molar refractivity (Wildman–Crippen MR) is 85.1 cm³/mol. The summed E-state index contributed by atoms with van der Waals surface area (Å²) in [6.45, 7) is 4.32. The molecule has 2 heterocycles. The van der Waals surface area contributed by atoms with Crippen LogP contribution in [0.1, 0.15) is 31.7 Å². The fourth-order valence-corrected chi connectivity index (χ4v) is 2.76. The summed E-state index contributed by atoms with van der Waals surface area (Å²) in [5, 5.41) is 0. The molecular weight excluding hydrogens is 248 g/mol. The molecule has 4 nitrogen and oxygen atoms in total. The van der Waals surface area contributed by atoms with E-state index in [0.29, 0.717) is 6.04 Å². The van der Waals surface area contributed by atoms with Crippen molar-refractivity contribution in [3.63, 3.8) is 0 Å². The lowest BCUT2D eigenvalue weighted by Gasteiger charge is -2.36. The molecule has 2 N–H and O–H groups in total. The van der Waals surface area contributed by atoms with Gasteiger partial charge in [0.2, 0.25) is 0 Å². The number of nitrogens with zero attached hydrogens (tertiary/aromatic N) is 3. The molecule has 2 rings (SSSR count). The third-order valence-corrected chi connectivity index (χ3v) is 4.28. The minimum Gasteiger partial charge on any atom is -0.355 e. The number of rotatable bonds is 5. The first kappa shape index (κ1) is 15.3. The lowest BCUT2D eigenvalue weighted by molar-refractivity contribution is 0.257. The largest absolute Gasteiger partial charge is 0.355 e. The summed E-state index contributed by atoms with van der Waals surface area (Å²) in [7, 11) is 4.33. The Bertz CT molecular complexity index is 401. The van der Waals surface area contributed by atoms with Crippen LogP contribution in [0.15, 0.2) is 18.3 Å².